The summed E-state index contributed by atoms with van der Waals surface area (Å²) in [5, 5.41) is 12.2. The molecule has 2 bridgehead atoms. The number of para-hydroxylation sites is 1. The smallest absolute Gasteiger partial charge is 0.278 e. The Labute approximate surface area is 190 Å². The van der Waals surface area contributed by atoms with Crippen molar-refractivity contribution in [3.63, 3.8) is 0 Å². The van der Waals surface area contributed by atoms with Gasteiger partial charge in [-0.1, -0.05) is 49.1 Å². The maximum Gasteiger partial charge on any atom is 0.278 e. The van der Waals surface area contributed by atoms with Gasteiger partial charge in [0.05, 0.1) is 0 Å². The van der Waals surface area contributed by atoms with Crippen LogP contribution in [-0.2, 0) is 0 Å². The average Bonchev–Trinajstić information content (AvgIpc) is 2.82. The molecular formula is C25H24FN3O4. The first kappa shape index (κ1) is 22.1. The minimum absolute atomic E-state index is 0.0740. The van der Waals surface area contributed by atoms with Crippen molar-refractivity contribution >= 4 is 5.91 Å². The summed E-state index contributed by atoms with van der Waals surface area (Å²) < 4.78 is 22.1. The van der Waals surface area contributed by atoms with Crippen LogP contribution in [-0.4, -0.2) is 40.4 Å². The van der Waals surface area contributed by atoms with Crippen molar-refractivity contribution in [2.24, 2.45) is 0 Å². The fourth-order valence-corrected chi connectivity index (χ4v) is 3.96. The highest BCUT2D eigenvalue weighted by atomic mass is 19.1. The van der Waals surface area contributed by atoms with E-state index in [4.69, 9.17) is 4.74 Å². The van der Waals surface area contributed by atoms with Crippen molar-refractivity contribution in [2.75, 3.05) is 24.8 Å². The summed E-state index contributed by atoms with van der Waals surface area (Å²) in [6, 6.07) is 5.15. The zero-order valence-electron chi connectivity index (χ0n) is 18.1. The molecule has 4 rings (SSSR count). The first-order chi connectivity index (χ1) is 15.9. The van der Waals surface area contributed by atoms with Crippen LogP contribution in [0, 0.1) is 5.82 Å². The molecule has 1 N–H and O–H groups in total. The van der Waals surface area contributed by atoms with E-state index in [2.05, 4.69) is 6.58 Å². The fraction of sp³-hybridized carbons (Fsp3) is 0.200. The Hall–Kier alpha value is -4.07. The molecule has 7 nitrogen and oxygen atoms in total. The van der Waals surface area contributed by atoms with Crippen molar-refractivity contribution in [1.29, 1.82) is 0 Å². The molecule has 170 valence electrons. The van der Waals surface area contributed by atoms with Crippen molar-refractivity contribution in [3.05, 3.63) is 106 Å². The van der Waals surface area contributed by atoms with Crippen molar-refractivity contribution in [2.45, 2.75) is 13.0 Å². The lowest BCUT2D eigenvalue weighted by molar-refractivity contribution is 0.0701. The highest BCUT2D eigenvalue weighted by Gasteiger charge is 2.37. The Morgan fingerprint density at radius 3 is 2.85 bits per heavy atom. The van der Waals surface area contributed by atoms with E-state index in [1.54, 1.807) is 35.4 Å². The van der Waals surface area contributed by atoms with Crippen molar-refractivity contribution in [1.82, 2.24) is 9.58 Å². The molecule has 2 aliphatic heterocycles. The summed E-state index contributed by atoms with van der Waals surface area (Å²) in [7, 11) is 0. The second-order valence-corrected chi connectivity index (χ2v) is 7.63. The largest absolute Gasteiger partial charge is 0.502 e. The van der Waals surface area contributed by atoms with E-state index in [0.717, 1.165) is 0 Å². The Bertz CT molecular complexity index is 1240. The predicted molar refractivity (Wildman–Crippen MR) is 123 cm³/mol. The summed E-state index contributed by atoms with van der Waals surface area (Å²) in [5.41, 5.74) is 0.276. The summed E-state index contributed by atoms with van der Waals surface area (Å²) in [6.07, 6.45) is 12.2. The molecule has 33 heavy (non-hydrogen) atoms. The number of pyridine rings is 1. The number of rotatable bonds is 3. The van der Waals surface area contributed by atoms with E-state index in [0.29, 0.717) is 11.1 Å². The van der Waals surface area contributed by atoms with Gasteiger partial charge in [0.2, 0.25) is 5.43 Å². The van der Waals surface area contributed by atoms with Crippen LogP contribution in [0.2, 0.25) is 0 Å². The van der Waals surface area contributed by atoms with Gasteiger partial charge in [-0.15, -0.1) is 0 Å². The molecule has 0 radical (unpaired) electrons. The Balaban J connectivity index is 1.99. The second kappa shape index (κ2) is 9.20. The number of ether oxygens (including phenoxy) is 1. The van der Waals surface area contributed by atoms with Crippen LogP contribution < -0.4 is 15.2 Å². The summed E-state index contributed by atoms with van der Waals surface area (Å²) in [4.78, 5) is 26.8. The number of benzene rings is 1. The molecule has 0 fully saturated rings. The van der Waals surface area contributed by atoms with Gasteiger partial charge in [0.25, 0.3) is 5.91 Å². The van der Waals surface area contributed by atoms with E-state index >= 15 is 0 Å². The molecule has 0 spiro atoms. The molecule has 1 aromatic carbocycles. The molecule has 0 saturated carbocycles. The van der Waals surface area contributed by atoms with Crippen molar-refractivity contribution in [3.8, 4) is 11.5 Å². The molecule has 2 aliphatic rings. The highest BCUT2D eigenvalue weighted by Crippen LogP contribution is 2.38. The van der Waals surface area contributed by atoms with Crippen LogP contribution in [0.5, 0.6) is 11.5 Å². The molecule has 2 aromatic rings. The Kier molecular flexibility index (Phi) is 6.17. The predicted octanol–water partition coefficient (Wildman–Crippen LogP) is 3.42. The molecule has 3 heterocycles. The molecule has 0 saturated heterocycles. The highest BCUT2D eigenvalue weighted by molar-refractivity contribution is 5.96. The van der Waals surface area contributed by atoms with E-state index in [9.17, 15) is 19.1 Å². The van der Waals surface area contributed by atoms with Gasteiger partial charge in [-0.3, -0.25) is 19.3 Å². The number of hydrogen-bond acceptors (Lipinski definition) is 5. The zero-order valence-corrected chi connectivity index (χ0v) is 18.1. The van der Waals surface area contributed by atoms with Crippen LogP contribution in [0.3, 0.4) is 0 Å². The number of allylic oxidation sites excluding steroid dienone is 3. The molecule has 1 atom stereocenters. The standard InChI is InChI=1S/C25H24FN3O4/c1-3-4-5-9-17(2)21-18-10-8-11-19(26)24(18)33-15-7-6-13-27-16-29(21)28-14-12-20(30)23(31)22(28)25(27)32/h3-12,14,21,31H,2,13,15-16H2,1H3/b4-3-,7-6+,9-5-/t21-/m1/s1. The van der Waals surface area contributed by atoms with E-state index < -0.39 is 28.9 Å². The first-order valence-corrected chi connectivity index (χ1v) is 10.5. The minimum Gasteiger partial charge on any atom is -0.502 e. The third-order valence-electron chi connectivity index (χ3n) is 5.51. The Morgan fingerprint density at radius 2 is 2.06 bits per heavy atom. The topological polar surface area (TPSA) is 75.0 Å². The molecule has 1 aromatic heterocycles. The number of nitrogens with zero attached hydrogens (tertiary/aromatic N) is 3. The maximum atomic E-state index is 14.9. The van der Waals surface area contributed by atoms with Gasteiger partial charge in [-0.05, 0) is 24.6 Å². The van der Waals surface area contributed by atoms with Gasteiger partial charge in [-0.2, -0.15) is 0 Å². The van der Waals surface area contributed by atoms with Crippen LogP contribution in [0.25, 0.3) is 0 Å². The number of aromatic nitrogens is 1. The summed E-state index contributed by atoms with van der Waals surface area (Å²) in [5.74, 6) is -1.58. The molecular weight excluding hydrogens is 425 g/mol. The molecule has 8 heteroatoms. The molecule has 0 unspecified atom stereocenters. The normalized spacial score (nSPS) is 19.1. The minimum atomic E-state index is -0.674. The first-order valence-electron chi connectivity index (χ1n) is 10.5. The second-order valence-electron chi connectivity index (χ2n) is 7.63. The Morgan fingerprint density at radius 1 is 1.24 bits per heavy atom. The lowest BCUT2D eigenvalue weighted by atomic mass is 9.97. The molecule has 0 aliphatic carbocycles. The number of amides is 1. The number of fused-ring (bicyclic) bond motifs is 5. The number of hydrogen-bond donors (Lipinski definition) is 1. The lowest BCUT2D eigenvalue weighted by Gasteiger charge is -2.44. The van der Waals surface area contributed by atoms with Crippen LogP contribution in [0.1, 0.15) is 29.0 Å². The van der Waals surface area contributed by atoms with E-state index in [-0.39, 0.29) is 31.3 Å². The third kappa shape index (κ3) is 4.07. The van der Waals surface area contributed by atoms with E-state index in [1.807, 2.05) is 25.2 Å². The van der Waals surface area contributed by atoms with Gasteiger partial charge in [-0.25, -0.2) is 4.39 Å². The van der Waals surface area contributed by atoms with Gasteiger partial charge < -0.3 is 14.7 Å². The van der Waals surface area contributed by atoms with Crippen LogP contribution in [0.4, 0.5) is 4.39 Å². The van der Waals surface area contributed by atoms with Gasteiger partial charge in [0.15, 0.2) is 23.0 Å². The van der Waals surface area contributed by atoms with Crippen LogP contribution in [0.15, 0.2) is 83.9 Å². The molecule has 1 amide bonds. The number of carbonyl (C=O) groups is 1. The third-order valence-corrected chi connectivity index (χ3v) is 5.51. The maximum absolute atomic E-state index is 14.9. The zero-order chi connectivity index (χ0) is 23.5. The fourth-order valence-electron chi connectivity index (χ4n) is 3.96. The lowest BCUT2D eigenvalue weighted by Crippen LogP contribution is -2.55. The monoisotopic (exact) mass is 449 g/mol. The number of aromatic hydroxyl groups is 1. The summed E-state index contributed by atoms with van der Waals surface area (Å²) in [6.45, 7) is 6.53. The van der Waals surface area contributed by atoms with E-state index in [1.165, 1.54) is 27.9 Å². The van der Waals surface area contributed by atoms with Crippen molar-refractivity contribution < 1.29 is 19.0 Å². The average molecular weight is 449 g/mol. The van der Waals surface area contributed by atoms with Gasteiger partial charge in [0, 0.05) is 24.4 Å². The quantitative estimate of drug-likeness (QED) is 0.574. The number of carbonyl (C=O) groups excluding carboxylic acids is 1. The van der Waals surface area contributed by atoms with Gasteiger partial charge in [0.1, 0.15) is 19.3 Å². The number of halogens is 1. The summed E-state index contributed by atoms with van der Waals surface area (Å²) >= 11 is 0. The van der Waals surface area contributed by atoms with Gasteiger partial charge >= 0.3 is 0 Å². The SMILES string of the molecule is C=C(/C=C\C=C/C)[C@@H]1c2cccc(F)c2OC/C=C/CN2CN1n1ccc(=O)c(O)c1C2=O. The van der Waals surface area contributed by atoms with Crippen LogP contribution >= 0.6 is 0 Å².